The van der Waals surface area contributed by atoms with E-state index in [1.807, 2.05) is 11.3 Å². The van der Waals surface area contributed by atoms with Crippen LogP contribution in [-0.4, -0.2) is 17.7 Å². The molecule has 0 aromatic carbocycles. The lowest BCUT2D eigenvalue weighted by Crippen LogP contribution is -1.88. The summed E-state index contributed by atoms with van der Waals surface area (Å²) in [5.74, 6) is 0. The van der Waals surface area contributed by atoms with Gasteiger partial charge < -0.3 is 4.89 Å². The van der Waals surface area contributed by atoms with E-state index in [-0.39, 0.29) is 0 Å². The van der Waals surface area contributed by atoms with E-state index < -0.39 is 7.37 Å². The van der Waals surface area contributed by atoms with E-state index in [1.54, 1.807) is 5.56 Å². The molecule has 0 radical (unpaired) electrons. The maximum absolute atomic E-state index is 11.1. The Balaban J connectivity index is 1.85. The molecule has 0 fully saturated rings. The molecule has 0 amide bonds. The van der Waals surface area contributed by atoms with Crippen LogP contribution in [0.5, 0.6) is 0 Å². The van der Waals surface area contributed by atoms with E-state index in [1.165, 1.54) is 74.2 Å². The zero-order valence-corrected chi connectivity index (χ0v) is 17.0. The third kappa shape index (κ3) is 11.1. The molecule has 1 heterocycles. The molecule has 1 N–H and O–H groups in total. The van der Waals surface area contributed by atoms with Crippen LogP contribution in [-0.2, 0) is 11.0 Å². The van der Waals surface area contributed by atoms with Crippen LogP contribution in [0.2, 0.25) is 0 Å². The molecule has 0 aliphatic rings. The number of hydrogen-bond acceptors (Lipinski definition) is 2. The van der Waals surface area contributed by atoms with Crippen molar-refractivity contribution < 1.29 is 9.46 Å². The molecular formula is C19H35O2PS. The minimum Gasteiger partial charge on any atom is -0.344 e. The molecule has 1 aromatic rings. The highest BCUT2D eigenvalue weighted by molar-refractivity contribution is 7.57. The van der Waals surface area contributed by atoms with Crippen molar-refractivity contribution in [1.82, 2.24) is 0 Å². The van der Waals surface area contributed by atoms with E-state index >= 15 is 0 Å². The predicted octanol–water partition coefficient (Wildman–Crippen LogP) is 6.71. The Morgan fingerprint density at radius 1 is 0.913 bits per heavy atom. The average Bonchev–Trinajstić information content (AvgIpc) is 2.77. The molecule has 0 saturated heterocycles. The summed E-state index contributed by atoms with van der Waals surface area (Å²) < 4.78 is 11.1. The third-order valence-corrected chi connectivity index (χ3v) is 6.57. The van der Waals surface area contributed by atoms with Crippen molar-refractivity contribution in [3.05, 3.63) is 21.4 Å². The van der Waals surface area contributed by atoms with Crippen LogP contribution in [0.1, 0.15) is 79.5 Å². The van der Waals surface area contributed by atoms with Gasteiger partial charge in [-0.15, -0.1) is 11.3 Å². The first-order valence-corrected chi connectivity index (χ1v) is 12.3. The molecule has 1 rings (SSSR count). The molecule has 2 nitrogen and oxygen atoms in total. The van der Waals surface area contributed by atoms with Gasteiger partial charge in [0.2, 0.25) is 0 Å². The molecule has 1 unspecified atom stereocenters. The van der Waals surface area contributed by atoms with E-state index in [2.05, 4.69) is 19.9 Å². The number of rotatable bonds is 13. The second kappa shape index (κ2) is 11.4. The minimum atomic E-state index is -2.77. The maximum Gasteiger partial charge on any atom is 0.197 e. The summed E-state index contributed by atoms with van der Waals surface area (Å²) in [4.78, 5) is 12.2. The first kappa shape index (κ1) is 20.9. The van der Waals surface area contributed by atoms with Crippen LogP contribution in [0.25, 0.3) is 0 Å². The SMILES string of the molecule is Cc1cc(CCCCCCCCCCCCP(C)(=O)O)c(C)s1. The lowest BCUT2D eigenvalue weighted by atomic mass is 10.0. The standard InChI is InChI=1S/C19H35O2PS/c1-17-16-19(18(2)23-17)14-12-10-8-6-4-5-7-9-11-13-15-22(3,20)21/h16H,4-15H2,1-3H3,(H,20,21). The summed E-state index contributed by atoms with van der Waals surface area (Å²) in [6, 6.07) is 2.36. The normalized spacial score (nSPS) is 14.1. The van der Waals surface area contributed by atoms with Crippen LogP contribution >= 0.6 is 18.7 Å². The summed E-state index contributed by atoms with van der Waals surface area (Å²) in [5, 5.41) is 0. The van der Waals surface area contributed by atoms with E-state index in [9.17, 15) is 9.46 Å². The molecule has 0 aliphatic heterocycles. The average molecular weight is 359 g/mol. The molecule has 0 bridgehead atoms. The fraction of sp³-hybridized carbons (Fsp3) is 0.789. The minimum absolute atomic E-state index is 0.496. The number of aryl methyl sites for hydroxylation is 3. The van der Waals surface area contributed by atoms with Gasteiger partial charge in [0.05, 0.1) is 0 Å². The van der Waals surface area contributed by atoms with Gasteiger partial charge >= 0.3 is 0 Å². The molecule has 1 aromatic heterocycles. The number of unbranched alkanes of at least 4 members (excludes halogenated alkanes) is 9. The third-order valence-electron chi connectivity index (χ3n) is 4.41. The van der Waals surface area contributed by atoms with Crippen molar-refractivity contribution in [1.29, 1.82) is 0 Å². The van der Waals surface area contributed by atoms with Gasteiger partial charge in [0.1, 0.15) is 0 Å². The molecule has 0 spiro atoms. The Kier molecular flexibility index (Phi) is 10.4. The van der Waals surface area contributed by atoms with Gasteiger partial charge in [0.15, 0.2) is 7.37 Å². The Morgan fingerprint density at radius 3 is 1.83 bits per heavy atom. The van der Waals surface area contributed by atoms with Crippen LogP contribution in [0.3, 0.4) is 0 Å². The lowest BCUT2D eigenvalue weighted by Gasteiger charge is -2.05. The van der Waals surface area contributed by atoms with Crippen molar-refractivity contribution in [2.24, 2.45) is 0 Å². The lowest BCUT2D eigenvalue weighted by molar-refractivity contribution is 0.480. The van der Waals surface area contributed by atoms with Gasteiger partial charge in [-0.05, 0) is 44.7 Å². The fourth-order valence-electron chi connectivity index (χ4n) is 3.07. The summed E-state index contributed by atoms with van der Waals surface area (Å²) in [5.41, 5.74) is 1.56. The van der Waals surface area contributed by atoms with E-state index in [4.69, 9.17) is 0 Å². The van der Waals surface area contributed by atoms with Gasteiger partial charge in [-0.25, -0.2) is 0 Å². The van der Waals surface area contributed by atoms with Crippen LogP contribution in [0.4, 0.5) is 0 Å². The second-order valence-corrected chi connectivity index (χ2v) is 11.0. The van der Waals surface area contributed by atoms with Gasteiger partial charge in [0, 0.05) is 22.6 Å². The monoisotopic (exact) mass is 358 g/mol. The van der Waals surface area contributed by atoms with Gasteiger partial charge in [-0.3, -0.25) is 4.57 Å². The number of thiophene rings is 1. The van der Waals surface area contributed by atoms with Crippen molar-refractivity contribution in [3.63, 3.8) is 0 Å². The highest BCUT2D eigenvalue weighted by Crippen LogP contribution is 2.36. The molecular weight excluding hydrogens is 323 g/mol. The Morgan fingerprint density at radius 2 is 1.39 bits per heavy atom. The molecule has 0 saturated carbocycles. The van der Waals surface area contributed by atoms with Crippen molar-refractivity contribution in [3.8, 4) is 0 Å². The first-order valence-electron chi connectivity index (χ1n) is 9.24. The Bertz CT molecular complexity index is 476. The smallest absolute Gasteiger partial charge is 0.197 e. The van der Waals surface area contributed by atoms with Gasteiger partial charge in [-0.2, -0.15) is 0 Å². The summed E-state index contributed by atoms with van der Waals surface area (Å²) in [6.45, 7) is 5.91. The topological polar surface area (TPSA) is 37.3 Å². The predicted molar refractivity (Wildman–Crippen MR) is 104 cm³/mol. The molecule has 4 heteroatoms. The zero-order valence-electron chi connectivity index (χ0n) is 15.3. The van der Waals surface area contributed by atoms with Crippen LogP contribution < -0.4 is 0 Å². The summed E-state index contributed by atoms with van der Waals surface area (Å²) >= 11 is 1.92. The summed E-state index contributed by atoms with van der Waals surface area (Å²) in [7, 11) is -2.77. The quantitative estimate of drug-likeness (QED) is 0.314. The van der Waals surface area contributed by atoms with E-state index in [0.29, 0.717) is 6.16 Å². The van der Waals surface area contributed by atoms with Crippen LogP contribution in [0.15, 0.2) is 6.07 Å². The molecule has 0 aliphatic carbocycles. The number of hydrogen-bond donors (Lipinski definition) is 1. The maximum atomic E-state index is 11.1. The zero-order chi connectivity index (χ0) is 17.1. The Hall–Kier alpha value is -0.110. The molecule has 23 heavy (non-hydrogen) atoms. The summed E-state index contributed by atoms with van der Waals surface area (Å²) in [6.07, 6.45) is 14.4. The highest BCUT2D eigenvalue weighted by Gasteiger charge is 2.07. The fourth-order valence-corrected chi connectivity index (χ4v) is 4.85. The van der Waals surface area contributed by atoms with Gasteiger partial charge in [0.25, 0.3) is 0 Å². The van der Waals surface area contributed by atoms with Crippen molar-refractivity contribution >= 4 is 18.7 Å². The second-order valence-electron chi connectivity index (χ2n) is 7.00. The molecule has 134 valence electrons. The van der Waals surface area contributed by atoms with Crippen molar-refractivity contribution in [2.45, 2.75) is 84.5 Å². The van der Waals surface area contributed by atoms with Gasteiger partial charge in [-0.1, -0.05) is 51.4 Å². The molecule has 1 atom stereocenters. The highest BCUT2D eigenvalue weighted by atomic mass is 32.1. The van der Waals surface area contributed by atoms with Crippen molar-refractivity contribution in [2.75, 3.05) is 12.8 Å². The largest absolute Gasteiger partial charge is 0.344 e. The first-order chi connectivity index (χ1) is 10.9. The van der Waals surface area contributed by atoms with Crippen LogP contribution in [0, 0.1) is 13.8 Å². The Labute approximate surface area is 147 Å². The van der Waals surface area contributed by atoms with E-state index in [0.717, 1.165) is 12.8 Å².